The summed E-state index contributed by atoms with van der Waals surface area (Å²) in [6.07, 6.45) is 5.06. The number of nitriles is 1. The van der Waals surface area contributed by atoms with E-state index in [0.29, 0.717) is 18.3 Å². The van der Waals surface area contributed by atoms with E-state index in [0.717, 1.165) is 18.4 Å². The number of esters is 1. The number of carbonyl (C=O) groups excluding carboxylic acids is 2. The van der Waals surface area contributed by atoms with Crippen LogP contribution in [0.25, 0.3) is 0 Å². The highest BCUT2D eigenvalue weighted by Gasteiger charge is 2.40. The third kappa shape index (κ3) is 3.99. The number of fused-ring (bicyclic) bond motifs is 2. The maximum Gasteiger partial charge on any atom is 0.306 e. The van der Waals surface area contributed by atoms with Crippen LogP contribution in [-0.2, 0) is 14.3 Å². The molecule has 8 nitrogen and oxygen atoms in total. The summed E-state index contributed by atoms with van der Waals surface area (Å²) in [6.45, 7) is -0.443. The molecule has 2 aliphatic rings. The first kappa shape index (κ1) is 17.9. The van der Waals surface area contributed by atoms with Crippen LogP contribution >= 0.6 is 0 Å². The van der Waals surface area contributed by atoms with Crippen LogP contribution in [0.1, 0.15) is 37.7 Å². The van der Waals surface area contributed by atoms with Gasteiger partial charge < -0.3 is 10.1 Å². The van der Waals surface area contributed by atoms with Gasteiger partial charge in [0.15, 0.2) is 6.61 Å². The summed E-state index contributed by atoms with van der Waals surface area (Å²) in [4.78, 5) is 34.0. The van der Waals surface area contributed by atoms with E-state index in [9.17, 15) is 19.7 Å². The van der Waals surface area contributed by atoms with Crippen molar-refractivity contribution in [2.24, 2.45) is 17.8 Å². The molecule has 3 rings (SSSR count). The number of hydrogen-bond donors (Lipinski definition) is 1. The number of rotatable bonds is 6. The van der Waals surface area contributed by atoms with Gasteiger partial charge in [-0.05, 0) is 43.1 Å². The molecular formula is C18H19N3O5. The van der Waals surface area contributed by atoms with Crippen molar-refractivity contribution in [2.45, 2.75) is 32.1 Å². The van der Waals surface area contributed by atoms with Crippen LogP contribution in [0.2, 0.25) is 0 Å². The van der Waals surface area contributed by atoms with Crippen LogP contribution < -0.4 is 5.32 Å². The molecule has 0 aromatic heterocycles. The van der Waals surface area contributed by atoms with Gasteiger partial charge in [0.1, 0.15) is 6.07 Å². The predicted octanol–water partition coefficient (Wildman–Crippen LogP) is 2.77. The van der Waals surface area contributed by atoms with Crippen LogP contribution in [0.3, 0.4) is 0 Å². The number of nitro groups is 1. The zero-order chi connectivity index (χ0) is 18.7. The molecule has 0 unspecified atom stereocenters. The molecule has 0 spiro atoms. The van der Waals surface area contributed by atoms with Gasteiger partial charge in [-0.2, -0.15) is 5.26 Å². The molecule has 136 valence electrons. The van der Waals surface area contributed by atoms with Crippen molar-refractivity contribution in [1.82, 2.24) is 0 Å². The SMILES string of the molecule is N#Cc1cc([N+](=O)[O-])ccc1NC(=O)COC(=O)C[C@H]1C[C@@H]2CC[C@@H]1C2. The minimum atomic E-state index is -0.621. The van der Waals surface area contributed by atoms with E-state index in [4.69, 9.17) is 10.00 Å². The Hall–Kier alpha value is -2.95. The summed E-state index contributed by atoms with van der Waals surface area (Å²) in [5.41, 5.74) is -0.120. The van der Waals surface area contributed by atoms with Crippen molar-refractivity contribution < 1.29 is 19.2 Å². The zero-order valence-electron chi connectivity index (χ0n) is 14.1. The van der Waals surface area contributed by atoms with E-state index in [2.05, 4.69) is 5.32 Å². The average molecular weight is 357 g/mol. The van der Waals surface area contributed by atoms with Gasteiger partial charge in [-0.1, -0.05) is 6.42 Å². The maximum absolute atomic E-state index is 11.9. The maximum atomic E-state index is 11.9. The molecule has 1 N–H and O–H groups in total. The van der Waals surface area contributed by atoms with Crippen molar-refractivity contribution in [3.8, 4) is 6.07 Å². The second kappa shape index (κ2) is 7.52. The topological polar surface area (TPSA) is 122 Å². The van der Waals surface area contributed by atoms with E-state index >= 15 is 0 Å². The lowest BCUT2D eigenvalue weighted by Crippen LogP contribution is -2.23. The third-order valence-electron chi connectivity index (χ3n) is 5.29. The number of hydrogen-bond acceptors (Lipinski definition) is 6. The van der Waals surface area contributed by atoms with Crippen LogP contribution in [0, 0.1) is 39.2 Å². The Labute approximate surface area is 150 Å². The molecule has 0 aliphatic heterocycles. The van der Waals surface area contributed by atoms with E-state index in [1.165, 1.54) is 31.4 Å². The highest BCUT2D eigenvalue weighted by Crippen LogP contribution is 2.49. The van der Waals surface area contributed by atoms with Crippen molar-refractivity contribution in [1.29, 1.82) is 5.26 Å². The van der Waals surface area contributed by atoms with E-state index in [-0.39, 0.29) is 22.9 Å². The fraction of sp³-hybridized carbons (Fsp3) is 0.500. The summed E-state index contributed by atoms with van der Waals surface area (Å²) < 4.78 is 5.04. The number of nitrogens with zero attached hydrogens (tertiary/aromatic N) is 2. The highest BCUT2D eigenvalue weighted by atomic mass is 16.6. The quantitative estimate of drug-likeness (QED) is 0.474. The number of non-ortho nitro benzene ring substituents is 1. The highest BCUT2D eigenvalue weighted by molar-refractivity contribution is 5.94. The Kier molecular flexibility index (Phi) is 5.16. The van der Waals surface area contributed by atoms with Crippen molar-refractivity contribution in [3.63, 3.8) is 0 Å². The molecule has 8 heteroatoms. The number of amides is 1. The molecule has 2 fully saturated rings. The van der Waals surface area contributed by atoms with Crippen LogP contribution in [0.5, 0.6) is 0 Å². The average Bonchev–Trinajstić information content (AvgIpc) is 3.23. The molecule has 1 aromatic rings. The summed E-state index contributed by atoms with van der Waals surface area (Å²) in [7, 11) is 0. The molecule has 3 atom stereocenters. The fourth-order valence-corrected chi connectivity index (χ4v) is 4.08. The smallest absolute Gasteiger partial charge is 0.306 e. The largest absolute Gasteiger partial charge is 0.456 e. The lowest BCUT2D eigenvalue weighted by atomic mass is 9.86. The number of nitrogens with one attached hydrogen (secondary N) is 1. The minimum Gasteiger partial charge on any atom is -0.456 e. The van der Waals surface area contributed by atoms with E-state index in [1.54, 1.807) is 6.07 Å². The number of benzene rings is 1. The summed E-state index contributed by atoms with van der Waals surface area (Å²) in [5, 5.41) is 22.2. The van der Waals surface area contributed by atoms with Gasteiger partial charge in [-0.3, -0.25) is 19.7 Å². The molecule has 0 saturated heterocycles. The Bertz CT molecular complexity index is 786. The van der Waals surface area contributed by atoms with Crippen LogP contribution in [-0.4, -0.2) is 23.4 Å². The van der Waals surface area contributed by atoms with Crippen LogP contribution in [0.15, 0.2) is 18.2 Å². The number of nitro benzene ring substituents is 1. The Morgan fingerprint density at radius 3 is 2.77 bits per heavy atom. The number of ether oxygens (including phenoxy) is 1. The van der Waals surface area contributed by atoms with Gasteiger partial charge in [0, 0.05) is 18.6 Å². The monoisotopic (exact) mass is 357 g/mol. The normalized spacial score (nSPS) is 23.3. The Morgan fingerprint density at radius 2 is 2.15 bits per heavy atom. The lowest BCUT2D eigenvalue weighted by Gasteiger charge is -2.20. The Balaban J connectivity index is 1.49. The molecule has 1 amide bonds. The van der Waals surface area contributed by atoms with Crippen molar-refractivity contribution in [2.75, 3.05) is 11.9 Å². The molecule has 2 saturated carbocycles. The minimum absolute atomic E-state index is 0.0270. The predicted molar refractivity (Wildman–Crippen MR) is 91.0 cm³/mol. The molecule has 1 aromatic carbocycles. The van der Waals surface area contributed by atoms with Gasteiger partial charge in [0.05, 0.1) is 16.2 Å². The first-order valence-corrected chi connectivity index (χ1v) is 8.60. The molecule has 2 aliphatic carbocycles. The summed E-state index contributed by atoms with van der Waals surface area (Å²) in [6, 6.07) is 5.35. The Morgan fingerprint density at radius 1 is 1.35 bits per heavy atom. The first-order chi connectivity index (χ1) is 12.5. The second-order valence-corrected chi connectivity index (χ2v) is 6.95. The summed E-state index contributed by atoms with van der Waals surface area (Å²) >= 11 is 0. The van der Waals surface area contributed by atoms with E-state index in [1.807, 2.05) is 0 Å². The third-order valence-corrected chi connectivity index (χ3v) is 5.29. The van der Waals surface area contributed by atoms with Gasteiger partial charge >= 0.3 is 5.97 Å². The van der Waals surface area contributed by atoms with E-state index < -0.39 is 17.4 Å². The molecule has 26 heavy (non-hydrogen) atoms. The zero-order valence-corrected chi connectivity index (χ0v) is 14.1. The second-order valence-electron chi connectivity index (χ2n) is 6.95. The molecule has 0 radical (unpaired) electrons. The van der Waals surface area contributed by atoms with Gasteiger partial charge in [0.25, 0.3) is 11.6 Å². The first-order valence-electron chi connectivity index (χ1n) is 8.60. The van der Waals surface area contributed by atoms with Crippen molar-refractivity contribution >= 4 is 23.3 Å². The summed E-state index contributed by atoms with van der Waals surface area (Å²) in [5.74, 6) is 0.745. The lowest BCUT2D eigenvalue weighted by molar-refractivity contribution is -0.384. The van der Waals surface area contributed by atoms with Crippen LogP contribution in [0.4, 0.5) is 11.4 Å². The van der Waals surface area contributed by atoms with Crippen molar-refractivity contribution in [3.05, 3.63) is 33.9 Å². The molecular weight excluding hydrogens is 338 g/mol. The van der Waals surface area contributed by atoms with Gasteiger partial charge in [-0.25, -0.2) is 0 Å². The standard InChI is InChI=1S/C18H19N3O5/c19-9-14-7-15(21(24)25)3-4-16(14)20-17(22)10-26-18(23)8-13-6-11-1-2-12(13)5-11/h3-4,7,11-13H,1-2,5-6,8,10H2,(H,20,22)/t11-,12-,13-/m1/s1. The van der Waals surface area contributed by atoms with Gasteiger partial charge in [-0.15, -0.1) is 0 Å². The number of carbonyl (C=O) groups is 2. The number of anilines is 1. The van der Waals surface area contributed by atoms with Gasteiger partial charge in [0.2, 0.25) is 0 Å². The fourth-order valence-electron chi connectivity index (χ4n) is 4.08. The molecule has 2 bridgehead atoms. The molecule has 0 heterocycles.